The highest BCUT2D eigenvalue weighted by molar-refractivity contribution is 5.90. The van der Waals surface area contributed by atoms with Crippen molar-refractivity contribution in [2.45, 2.75) is 6.54 Å². The maximum Gasteiger partial charge on any atom is 0.276 e. The molecule has 0 N–H and O–H groups in total. The van der Waals surface area contributed by atoms with Gasteiger partial charge in [0.25, 0.3) is 5.56 Å². The highest BCUT2D eigenvalue weighted by atomic mass is 16.7. The molecule has 2 aromatic carbocycles. The minimum atomic E-state index is -0.161. The first kappa shape index (κ1) is 15.6. The Kier molecular flexibility index (Phi) is 3.60. The van der Waals surface area contributed by atoms with Gasteiger partial charge in [0.15, 0.2) is 11.5 Å². The summed E-state index contributed by atoms with van der Waals surface area (Å²) in [4.78, 5) is 17.3. The quantitative estimate of drug-likeness (QED) is 0.563. The van der Waals surface area contributed by atoms with E-state index in [4.69, 9.17) is 9.47 Å². The van der Waals surface area contributed by atoms with Crippen LogP contribution in [0.2, 0.25) is 0 Å². The predicted octanol–water partition coefficient (Wildman–Crippen LogP) is 3.24. The minimum absolute atomic E-state index is 0.161. The van der Waals surface area contributed by atoms with E-state index in [1.807, 2.05) is 48.5 Å². The average Bonchev–Trinajstić information content (AvgIpc) is 3.19. The molecule has 1 aliphatic rings. The smallest absolute Gasteiger partial charge is 0.276 e. The van der Waals surface area contributed by atoms with Crippen LogP contribution >= 0.6 is 0 Å². The minimum Gasteiger partial charge on any atom is -0.454 e. The van der Waals surface area contributed by atoms with Crippen molar-refractivity contribution < 1.29 is 9.47 Å². The van der Waals surface area contributed by atoms with Crippen molar-refractivity contribution in [3.63, 3.8) is 0 Å². The van der Waals surface area contributed by atoms with Crippen molar-refractivity contribution in [3.8, 4) is 22.8 Å². The van der Waals surface area contributed by atoms with Gasteiger partial charge in [-0.3, -0.25) is 9.78 Å². The second kappa shape index (κ2) is 6.25. The molecule has 1 aliphatic heterocycles. The molecule has 0 spiro atoms. The summed E-state index contributed by atoms with van der Waals surface area (Å²) in [5, 5.41) is 5.17. The number of hydrogen-bond acceptors (Lipinski definition) is 5. The highest BCUT2D eigenvalue weighted by Gasteiger charge is 2.18. The molecular formula is C21H15N3O3. The third kappa shape index (κ3) is 2.71. The Morgan fingerprint density at radius 2 is 1.81 bits per heavy atom. The molecule has 2 aromatic heterocycles. The Balaban J connectivity index is 1.71. The van der Waals surface area contributed by atoms with Gasteiger partial charge in [0, 0.05) is 11.8 Å². The monoisotopic (exact) mass is 357 g/mol. The van der Waals surface area contributed by atoms with E-state index in [0.29, 0.717) is 34.6 Å². The van der Waals surface area contributed by atoms with Crippen LogP contribution in [0, 0.1) is 0 Å². The zero-order chi connectivity index (χ0) is 18.2. The zero-order valence-corrected chi connectivity index (χ0v) is 14.3. The molecule has 27 heavy (non-hydrogen) atoms. The molecule has 6 heteroatoms. The molecule has 0 saturated carbocycles. The van der Waals surface area contributed by atoms with E-state index in [0.717, 1.165) is 11.1 Å². The standard InChI is InChI=1S/C21H15N3O3/c25-21-16-7-4-10-22-20(16)19(15-8-9-17-18(11-15)27-13-26-17)23-24(21)12-14-5-2-1-3-6-14/h1-11H,12-13H2. The zero-order valence-electron chi connectivity index (χ0n) is 14.3. The van der Waals surface area contributed by atoms with Gasteiger partial charge in [-0.05, 0) is 35.9 Å². The number of nitrogens with zero attached hydrogens (tertiary/aromatic N) is 3. The average molecular weight is 357 g/mol. The van der Waals surface area contributed by atoms with Crippen molar-refractivity contribution >= 4 is 10.9 Å². The Labute approximate surface area is 154 Å². The number of fused-ring (bicyclic) bond motifs is 2. The molecule has 0 bridgehead atoms. The van der Waals surface area contributed by atoms with E-state index >= 15 is 0 Å². The summed E-state index contributed by atoms with van der Waals surface area (Å²) in [6.45, 7) is 0.598. The number of pyridine rings is 1. The first-order chi connectivity index (χ1) is 13.3. The molecule has 3 heterocycles. The van der Waals surface area contributed by atoms with E-state index in [2.05, 4.69) is 10.1 Å². The Bertz CT molecular complexity index is 1200. The van der Waals surface area contributed by atoms with E-state index in [9.17, 15) is 4.79 Å². The molecule has 132 valence electrons. The van der Waals surface area contributed by atoms with Gasteiger partial charge >= 0.3 is 0 Å². The molecule has 0 fully saturated rings. The predicted molar refractivity (Wildman–Crippen MR) is 101 cm³/mol. The normalized spacial score (nSPS) is 12.4. The first-order valence-corrected chi connectivity index (χ1v) is 8.59. The Morgan fingerprint density at radius 3 is 2.70 bits per heavy atom. The number of ether oxygens (including phenoxy) is 2. The highest BCUT2D eigenvalue weighted by Crippen LogP contribution is 2.36. The fraction of sp³-hybridized carbons (Fsp3) is 0.0952. The van der Waals surface area contributed by atoms with Crippen molar-refractivity contribution in [2.75, 3.05) is 6.79 Å². The molecule has 6 nitrogen and oxygen atoms in total. The number of rotatable bonds is 3. The van der Waals surface area contributed by atoms with E-state index < -0.39 is 0 Å². The van der Waals surface area contributed by atoms with Gasteiger partial charge in [-0.25, -0.2) is 4.68 Å². The number of benzene rings is 2. The van der Waals surface area contributed by atoms with Gasteiger partial charge in [-0.15, -0.1) is 0 Å². The van der Waals surface area contributed by atoms with Crippen LogP contribution in [0.3, 0.4) is 0 Å². The van der Waals surface area contributed by atoms with Gasteiger partial charge in [0.05, 0.1) is 11.9 Å². The summed E-state index contributed by atoms with van der Waals surface area (Å²) in [5.41, 5.74) is 2.88. The van der Waals surface area contributed by atoms with Crippen LogP contribution in [0.5, 0.6) is 11.5 Å². The number of hydrogen-bond donors (Lipinski definition) is 0. The van der Waals surface area contributed by atoms with Crippen molar-refractivity contribution in [2.24, 2.45) is 0 Å². The second-order valence-corrected chi connectivity index (χ2v) is 6.26. The second-order valence-electron chi connectivity index (χ2n) is 6.26. The molecule has 4 aromatic rings. The maximum atomic E-state index is 12.9. The summed E-state index contributed by atoms with van der Waals surface area (Å²) < 4.78 is 12.4. The number of aromatic nitrogens is 3. The maximum absolute atomic E-state index is 12.9. The third-order valence-electron chi connectivity index (χ3n) is 4.54. The van der Waals surface area contributed by atoms with Gasteiger partial charge in [-0.1, -0.05) is 30.3 Å². The van der Waals surface area contributed by atoms with Crippen LogP contribution < -0.4 is 15.0 Å². The van der Waals surface area contributed by atoms with Crippen LogP contribution in [0.15, 0.2) is 71.7 Å². The van der Waals surface area contributed by atoms with Gasteiger partial charge in [0.2, 0.25) is 6.79 Å². The molecule has 0 radical (unpaired) electrons. The lowest BCUT2D eigenvalue weighted by Crippen LogP contribution is -2.24. The summed E-state index contributed by atoms with van der Waals surface area (Å²) in [6.07, 6.45) is 1.67. The molecule has 0 atom stereocenters. The van der Waals surface area contributed by atoms with E-state index in [1.54, 1.807) is 18.3 Å². The lowest BCUT2D eigenvalue weighted by atomic mass is 10.1. The fourth-order valence-corrected chi connectivity index (χ4v) is 3.22. The van der Waals surface area contributed by atoms with Crippen molar-refractivity contribution in [1.82, 2.24) is 14.8 Å². The molecule has 0 amide bonds. The van der Waals surface area contributed by atoms with Crippen LogP contribution in [0.4, 0.5) is 0 Å². The van der Waals surface area contributed by atoms with Crippen LogP contribution in [-0.4, -0.2) is 21.6 Å². The SMILES string of the molecule is O=c1c2cccnc2c(-c2ccc3c(c2)OCO3)nn1Cc1ccccc1. The summed E-state index contributed by atoms with van der Waals surface area (Å²) in [5.74, 6) is 1.37. The fourth-order valence-electron chi connectivity index (χ4n) is 3.22. The van der Waals surface area contributed by atoms with Crippen LogP contribution in [-0.2, 0) is 6.54 Å². The third-order valence-corrected chi connectivity index (χ3v) is 4.54. The molecule has 5 rings (SSSR count). The topological polar surface area (TPSA) is 66.2 Å². The Morgan fingerprint density at radius 1 is 0.963 bits per heavy atom. The summed E-state index contributed by atoms with van der Waals surface area (Å²) in [7, 11) is 0. The lowest BCUT2D eigenvalue weighted by Gasteiger charge is -2.11. The molecule has 0 aliphatic carbocycles. The van der Waals surface area contributed by atoms with Crippen LogP contribution in [0.25, 0.3) is 22.2 Å². The van der Waals surface area contributed by atoms with Crippen LogP contribution in [0.1, 0.15) is 5.56 Å². The molecule has 0 saturated heterocycles. The lowest BCUT2D eigenvalue weighted by molar-refractivity contribution is 0.174. The first-order valence-electron chi connectivity index (χ1n) is 8.59. The Hall–Kier alpha value is -3.67. The molecule has 0 unspecified atom stereocenters. The van der Waals surface area contributed by atoms with Gasteiger partial charge in [-0.2, -0.15) is 5.10 Å². The van der Waals surface area contributed by atoms with Crippen molar-refractivity contribution in [3.05, 3.63) is 82.8 Å². The van der Waals surface area contributed by atoms with E-state index in [-0.39, 0.29) is 12.4 Å². The van der Waals surface area contributed by atoms with Crippen molar-refractivity contribution in [1.29, 1.82) is 0 Å². The molecular weight excluding hydrogens is 342 g/mol. The largest absolute Gasteiger partial charge is 0.454 e. The van der Waals surface area contributed by atoms with Gasteiger partial charge in [0.1, 0.15) is 11.2 Å². The van der Waals surface area contributed by atoms with E-state index in [1.165, 1.54) is 4.68 Å². The summed E-state index contributed by atoms with van der Waals surface area (Å²) in [6, 6.07) is 19.0. The van der Waals surface area contributed by atoms with Gasteiger partial charge < -0.3 is 9.47 Å². The summed E-state index contributed by atoms with van der Waals surface area (Å²) >= 11 is 0.